The van der Waals surface area contributed by atoms with E-state index in [0.717, 1.165) is 49.7 Å². The third kappa shape index (κ3) is 5.33. The number of likely N-dealkylation sites (N-methyl/N-ethyl adjacent to an activating group) is 1. The molecule has 2 aromatic carbocycles. The largest absolute Gasteiger partial charge is 0.381 e. The first-order valence-corrected chi connectivity index (χ1v) is 11.4. The van der Waals surface area contributed by atoms with Gasteiger partial charge in [0.05, 0.1) is 11.4 Å². The molecular formula is C25H34N4O. The average Bonchev–Trinajstić information content (AvgIpc) is 2.80. The maximum atomic E-state index is 13.1. The Morgan fingerprint density at radius 3 is 2.40 bits per heavy atom. The van der Waals surface area contributed by atoms with E-state index in [-0.39, 0.29) is 5.91 Å². The van der Waals surface area contributed by atoms with Gasteiger partial charge in [0, 0.05) is 44.3 Å². The number of hydrogen-bond donors (Lipinski definition) is 2. The van der Waals surface area contributed by atoms with Crippen molar-refractivity contribution < 1.29 is 4.79 Å². The number of hydrogen-bond acceptors (Lipinski definition) is 4. The zero-order valence-electron chi connectivity index (χ0n) is 18.1. The van der Waals surface area contributed by atoms with E-state index in [1.165, 1.54) is 37.7 Å². The smallest absolute Gasteiger partial charge is 0.254 e. The Morgan fingerprint density at radius 1 is 0.933 bits per heavy atom. The van der Waals surface area contributed by atoms with Gasteiger partial charge in [-0.1, -0.05) is 49.6 Å². The monoisotopic (exact) mass is 406 g/mol. The summed E-state index contributed by atoms with van der Waals surface area (Å²) in [6.45, 7) is 4.21. The normalized spacial score (nSPS) is 18.2. The first-order chi connectivity index (χ1) is 14.7. The third-order valence-corrected chi connectivity index (χ3v) is 6.35. The van der Waals surface area contributed by atoms with Gasteiger partial charge in [-0.05, 0) is 43.7 Å². The van der Waals surface area contributed by atoms with Gasteiger partial charge in [-0.3, -0.25) is 4.79 Å². The highest BCUT2D eigenvalue weighted by molar-refractivity contribution is 5.96. The van der Waals surface area contributed by atoms with Gasteiger partial charge in [0.25, 0.3) is 5.91 Å². The highest BCUT2D eigenvalue weighted by Crippen LogP contribution is 2.29. The molecule has 1 amide bonds. The second-order valence-corrected chi connectivity index (χ2v) is 8.67. The summed E-state index contributed by atoms with van der Waals surface area (Å²) >= 11 is 0. The van der Waals surface area contributed by atoms with Crippen molar-refractivity contribution in [3.8, 4) is 0 Å². The molecule has 5 heteroatoms. The molecule has 0 bridgehead atoms. The van der Waals surface area contributed by atoms with Crippen LogP contribution in [0.2, 0.25) is 0 Å². The molecule has 0 radical (unpaired) electrons. The van der Waals surface area contributed by atoms with Crippen LogP contribution in [0.1, 0.15) is 48.0 Å². The summed E-state index contributed by atoms with van der Waals surface area (Å²) < 4.78 is 0. The summed E-state index contributed by atoms with van der Waals surface area (Å²) in [6.07, 6.45) is 6.38. The molecule has 0 unspecified atom stereocenters. The molecule has 1 saturated carbocycles. The molecule has 4 rings (SSSR count). The predicted molar refractivity (Wildman–Crippen MR) is 124 cm³/mol. The second-order valence-electron chi connectivity index (χ2n) is 8.67. The van der Waals surface area contributed by atoms with Crippen molar-refractivity contribution >= 4 is 17.3 Å². The average molecular weight is 407 g/mol. The molecule has 2 aromatic rings. The summed E-state index contributed by atoms with van der Waals surface area (Å²) in [7, 11) is 2.11. The highest BCUT2D eigenvalue weighted by Gasteiger charge is 2.22. The van der Waals surface area contributed by atoms with Crippen molar-refractivity contribution in [2.45, 2.75) is 44.7 Å². The van der Waals surface area contributed by atoms with Crippen molar-refractivity contribution in [2.75, 3.05) is 43.9 Å². The lowest BCUT2D eigenvalue weighted by atomic mass is 9.95. The van der Waals surface area contributed by atoms with Crippen LogP contribution in [0, 0.1) is 0 Å². The standard InChI is InChI=1S/C25H34N4O/c1-28-14-16-29(17-15-28)25(30)21-12-13-23(27-22-10-6-3-7-11-22)24(18-21)26-19-20-8-4-2-5-9-20/h2,4-5,8-9,12-13,18,22,26-27H,3,6-7,10-11,14-17,19H2,1H3. The van der Waals surface area contributed by atoms with Crippen LogP contribution in [-0.2, 0) is 6.54 Å². The van der Waals surface area contributed by atoms with Crippen LogP contribution in [0.4, 0.5) is 11.4 Å². The topological polar surface area (TPSA) is 47.6 Å². The number of nitrogens with zero attached hydrogens (tertiary/aromatic N) is 2. The SMILES string of the molecule is CN1CCN(C(=O)c2ccc(NC3CCCCC3)c(NCc3ccccc3)c2)CC1. The Morgan fingerprint density at radius 2 is 1.67 bits per heavy atom. The quantitative estimate of drug-likeness (QED) is 0.745. The molecule has 0 atom stereocenters. The van der Waals surface area contributed by atoms with Crippen molar-refractivity contribution in [2.24, 2.45) is 0 Å². The Balaban J connectivity index is 1.52. The summed E-state index contributed by atoms with van der Waals surface area (Å²) in [5.74, 6) is 0.134. The molecule has 0 spiro atoms. The molecule has 5 nitrogen and oxygen atoms in total. The molecular weight excluding hydrogens is 372 g/mol. The Hall–Kier alpha value is -2.53. The van der Waals surface area contributed by atoms with Crippen LogP contribution < -0.4 is 10.6 Å². The van der Waals surface area contributed by atoms with E-state index >= 15 is 0 Å². The second kappa shape index (κ2) is 9.98. The number of amides is 1. The molecule has 1 heterocycles. The Kier molecular flexibility index (Phi) is 6.90. The van der Waals surface area contributed by atoms with Crippen LogP contribution in [-0.4, -0.2) is 55.0 Å². The van der Waals surface area contributed by atoms with Crippen LogP contribution in [0.15, 0.2) is 48.5 Å². The number of carbonyl (C=O) groups is 1. The van der Waals surface area contributed by atoms with Gasteiger partial charge in [-0.25, -0.2) is 0 Å². The van der Waals surface area contributed by atoms with Crippen molar-refractivity contribution in [1.29, 1.82) is 0 Å². The van der Waals surface area contributed by atoms with Gasteiger partial charge in [-0.15, -0.1) is 0 Å². The van der Waals surface area contributed by atoms with Crippen LogP contribution >= 0.6 is 0 Å². The van der Waals surface area contributed by atoms with E-state index in [1.54, 1.807) is 0 Å². The number of nitrogens with one attached hydrogen (secondary N) is 2. The van der Waals surface area contributed by atoms with Crippen LogP contribution in [0.5, 0.6) is 0 Å². The summed E-state index contributed by atoms with van der Waals surface area (Å²) in [4.78, 5) is 17.3. The van der Waals surface area contributed by atoms with Crippen molar-refractivity contribution in [3.05, 3.63) is 59.7 Å². The molecule has 30 heavy (non-hydrogen) atoms. The lowest BCUT2D eigenvalue weighted by Gasteiger charge is -2.32. The first kappa shape index (κ1) is 20.7. The van der Waals surface area contributed by atoms with E-state index < -0.39 is 0 Å². The van der Waals surface area contributed by atoms with Gasteiger partial charge >= 0.3 is 0 Å². The zero-order valence-corrected chi connectivity index (χ0v) is 18.1. The zero-order chi connectivity index (χ0) is 20.8. The molecule has 1 aliphatic heterocycles. The van der Waals surface area contributed by atoms with E-state index in [2.05, 4.69) is 52.9 Å². The summed E-state index contributed by atoms with van der Waals surface area (Å²) in [5.41, 5.74) is 4.12. The molecule has 2 fully saturated rings. The lowest BCUT2D eigenvalue weighted by Crippen LogP contribution is -2.47. The van der Waals surface area contributed by atoms with Crippen molar-refractivity contribution in [1.82, 2.24) is 9.80 Å². The number of carbonyl (C=O) groups excluding carboxylic acids is 1. The predicted octanol–water partition coefficient (Wildman–Crippen LogP) is 4.43. The molecule has 2 N–H and O–H groups in total. The Labute approximate surface area is 180 Å². The number of piperazine rings is 1. The fourth-order valence-electron chi connectivity index (χ4n) is 4.40. The maximum Gasteiger partial charge on any atom is 0.254 e. The minimum atomic E-state index is 0.134. The van der Waals surface area contributed by atoms with E-state index in [9.17, 15) is 4.79 Å². The van der Waals surface area contributed by atoms with Gasteiger partial charge in [0.2, 0.25) is 0 Å². The van der Waals surface area contributed by atoms with Gasteiger partial charge < -0.3 is 20.4 Å². The Bertz CT molecular complexity index is 824. The van der Waals surface area contributed by atoms with Gasteiger partial charge in [0.15, 0.2) is 0 Å². The van der Waals surface area contributed by atoms with Gasteiger partial charge in [0.1, 0.15) is 0 Å². The highest BCUT2D eigenvalue weighted by atomic mass is 16.2. The molecule has 1 aliphatic carbocycles. The summed E-state index contributed by atoms with van der Waals surface area (Å²) in [5, 5.41) is 7.33. The van der Waals surface area contributed by atoms with Crippen molar-refractivity contribution in [3.63, 3.8) is 0 Å². The number of anilines is 2. The minimum Gasteiger partial charge on any atom is -0.381 e. The minimum absolute atomic E-state index is 0.134. The number of rotatable bonds is 6. The van der Waals surface area contributed by atoms with E-state index in [4.69, 9.17) is 0 Å². The molecule has 0 aromatic heterocycles. The van der Waals surface area contributed by atoms with Crippen LogP contribution in [0.3, 0.4) is 0 Å². The third-order valence-electron chi connectivity index (χ3n) is 6.35. The molecule has 1 saturated heterocycles. The maximum absolute atomic E-state index is 13.1. The van der Waals surface area contributed by atoms with Gasteiger partial charge in [-0.2, -0.15) is 0 Å². The molecule has 160 valence electrons. The van der Waals surface area contributed by atoms with E-state index in [0.29, 0.717) is 6.04 Å². The molecule has 2 aliphatic rings. The van der Waals surface area contributed by atoms with Crippen LogP contribution in [0.25, 0.3) is 0 Å². The fraction of sp³-hybridized carbons (Fsp3) is 0.480. The summed E-state index contributed by atoms with van der Waals surface area (Å²) in [6, 6.07) is 17.0. The fourth-order valence-corrected chi connectivity index (χ4v) is 4.40. The lowest BCUT2D eigenvalue weighted by molar-refractivity contribution is 0.0664. The van der Waals surface area contributed by atoms with E-state index in [1.807, 2.05) is 23.1 Å². The number of benzene rings is 2. The first-order valence-electron chi connectivity index (χ1n) is 11.4.